The van der Waals surface area contributed by atoms with Gasteiger partial charge in [-0.25, -0.2) is 4.98 Å². The first-order chi connectivity index (χ1) is 15.2. The number of ether oxygens (including phenoxy) is 1. The fourth-order valence-corrected chi connectivity index (χ4v) is 4.56. The maximum absolute atomic E-state index is 10.6. The fourth-order valence-electron chi connectivity index (χ4n) is 3.65. The van der Waals surface area contributed by atoms with Crippen molar-refractivity contribution in [1.29, 1.82) is 5.26 Å². The number of aliphatic hydroxyl groups excluding tert-OH is 1. The molecule has 0 saturated carbocycles. The second kappa shape index (κ2) is 10.6. The Balaban J connectivity index is 1.63. The Morgan fingerprint density at radius 3 is 2.32 bits per heavy atom. The molecule has 1 aromatic heterocycles. The van der Waals surface area contributed by atoms with Crippen LogP contribution in [0, 0.1) is 11.3 Å². The predicted molar refractivity (Wildman–Crippen MR) is 124 cm³/mol. The zero-order chi connectivity index (χ0) is 21.5. The number of benzene rings is 2. The minimum Gasteiger partial charge on any atom is -0.391 e. The summed E-state index contributed by atoms with van der Waals surface area (Å²) in [6.45, 7) is 3.69. The first kappa shape index (κ1) is 21.5. The van der Waals surface area contributed by atoms with Crippen molar-refractivity contribution in [1.82, 2.24) is 9.88 Å². The molecule has 1 N–H and O–H groups in total. The molecular weight excluding hydrogens is 406 g/mol. The lowest BCUT2D eigenvalue weighted by atomic mass is 9.99. The summed E-state index contributed by atoms with van der Waals surface area (Å²) >= 11 is 1.44. The molecule has 158 valence electrons. The van der Waals surface area contributed by atoms with Gasteiger partial charge in [0, 0.05) is 36.5 Å². The van der Waals surface area contributed by atoms with Gasteiger partial charge >= 0.3 is 0 Å². The molecule has 4 rings (SSSR count). The summed E-state index contributed by atoms with van der Waals surface area (Å²) in [6, 6.07) is 24.2. The molecule has 0 radical (unpaired) electrons. The van der Waals surface area contributed by atoms with E-state index < -0.39 is 6.10 Å². The molecule has 2 heterocycles. The molecule has 2 aromatic carbocycles. The average molecular weight is 432 g/mol. The van der Waals surface area contributed by atoms with Crippen molar-refractivity contribution in [3.05, 3.63) is 72.3 Å². The van der Waals surface area contributed by atoms with Crippen LogP contribution in [0.1, 0.15) is 5.56 Å². The molecule has 0 amide bonds. The Morgan fingerprint density at radius 2 is 1.68 bits per heavy atom. The summed E-state index contributed by atoms with van der Waals surface area (Å²) in [5.74, 6) is 0.478. The molecule has 0 aliphatic carbocycles. The second-order valence-electron chi connectivity index (χ2n) is 7.46. The number of aromatic nitrogens is 1. The Bertz CT molecular complexity index is 1030. The summed E-state index contributed by atoms with van der Waals surface area (Å²) < 4.78 is 5.38. The molecule has 1 aliphatic heterocycles. The van der Waals surface area contributed by atoms with Gasteiger partial charge in [-0.05, 0) is 11.6 Å². The highest BCUT2D eigenvalue weighted by molar-refractivity contribution is 7.99. The van der Waals surface area contributed by atoms with Gasteiger partial charge in [-0.15, -0.1) is 11.8 Å². The highest BCUT2D eigenvalue weighted by atomic mass is 32.2. The lowest BCUT2D eigenvalue weighted by Crippen LogP contribution is -2.41. The van der Waals surface area contributed by atoms with E-state index in [0.29, 0.717) is 36.1 Å². The number of aliphatic hydroxyl groups is 1. The Labute approximate surface area is 187 Å². The average Bonchev–Trinajstić information content (AvgIpc) is 2.84. The van der Waals surface area contributed by atoms with Crippen molar-refractivity contribution < 1.29 is 9.84 Å². The number of pyridine rings is 1. The standard InChI is InChI=1S/C25H25N3O2S/c26-16-23-22(19-7-3-1-4-8-19)15-24(20-9-5-2-6-10-20)27-25(23)31-18-21(29)17-28-11-13-30-14-12-28/h1-10,15,21,29H,11-14,17-18H2/t21-/m0/s1. The zero-order valence-electron chi connectivity index (χ0n) is 17.3. The second-order valence-corrected chi connectivity index (χ2v) is 8.47. The van der Waals surface area contributed by atoms with E-state index in [9.17, 15) is 10.4 Å². The van der Waals surface area contributed by atoms with Crippen LogP contribution in [-0.2, 0) is 4.74 Å². The van der Waals surface area contributed by atoms with E-state index in [1.807, 2.05) is 66.7 Å². The lowest BCUT2D eigenvalue weighted by Gasteiger charge is -2.28. The van der Waals surface area contributed by atoms with E-state index in [-0.39, 0.29) is 0 Å². The first-order valence-electron chi connectivity index (χ1n) is 10.4. The van der Waals surface area contributed by atoms with Crippen LogP contribution in [0.25, 0.3) is 22.4 Å². The quantitative estimate of drug-likeness (QED) is 0.569. The SMILES string of the molecule is N#Cc1c(-c2ccccc2)cc(-c2ccccc2)nc1SC[C@@H](O)CN1CCOCC1. The largest absolute Gasteiger partial charge is 0.391 e. The molecule has 0 spiro atoms. The van der Waals surface area contributed by atoms with Crippen LogP contribution in [-0.4, -0.2) is 59.7 Å². The molecule has 1 atom stereocenters. The van der Waals surface area contributed by atoms with Gasteiger partial charge < -0.3 is 9.84 Å². The van der Waals surface area contributed by atoms with E-state index in [2.05, 4.69) is 11.0 Å². The summed E-state index contributed by atoms with van der Waals surface area (Å²) in [5, 5.41) is 21.2. The van der Waals surface area contributed by atoms with E-state index in [1.165, 1.54) is 11.8 Å². The van der Waals surface area contributed by atoms with Crippen molar-refractivity contribution in [3.8, 4) is 28.5 Å². The van der Waals surface area contributed by atoms with Crippen molar-refractivity contribution in [3.63, 3.8) is 0 Å². The molecule has 6 heteroatoms. The normalized spacial score (nSPS) is 15.4. The summed E-state index contributed by atoms with van der Waals surface area (Å²) in [7, 11) is 0. The highest BCUT2D eigenvalue weighted by Crippen LogP contribution is 2.34. The smallest absolute Gasteiger partial charge is 0.115 e. The van der Waals surface area contributed by atoms with Crippen molar-refractivity contribution in [2.24, 2.45) is 0 Å². The molecule has 1 saturated heterocycles. The van der Waals surface area contributed by atoms with Crippen molar-refractivity contribution in [2.75, 3.05) is 38.6 Å². The van der Waals surface area contributed by atoms with Crippen molar-refractivity contribution in [2.45, 2.75) is 11.1 Å². The number of nitrogens with zero attached hydrogens (tertiary/aromatic N) is 3. The summed E-state index contributed by atoms with van der Waals surface area (Å²) in [4.78, 5) is 7.03. The van der Waals surface area contributed by atoms with E-state index in [1.54, 1.807) is 0 Å². The van der Waals surface area contributed by atoms with E-state index >= 15 is 0 Å². The third-order valence-corrected chi connectivity index (χ3v) is 6.36. The summed E-state index contributed by atoms with van der Waals surface area (Å²) in [5.41, 5.74) is 4.22. The number of thioether (sulfide) groups is 1. The van der Waals surface area contributed by atoms with E-state index in [4.69, 9.17) is 9.72 Å². The number of hydrogen-bond donors (Lipinski definition) is 1. The Morgan fingerprint density at radius 1 is 1.03 bits per heavy atom. The van der Waals surface area contributed by atoms with Gasteiger partial charge in [0.25, 0.3) is 0 Å². The van der Waals surface area contributed by atoms with E-state index in [0.717, 1.165) is 35.5 Å². The molecular formula is C25H25N3O2S. The molecule has 31 heavy (non-hydrogen) atoms. The minimum atomic E-state index is -0.503. The maximum atomic E-state index is 10.6. The number of morpholine rings is 1. The fraction of sp³-hybridized carbons (Fsp3) is 0.280. The first-order valence-corrected chi connectivity index (χ1v) is 11.4. The van der Waals surface area contributed by atoms with Gasteiger partial charge in [0.2, 0.25) is 0 Å². The van der Waals surface area contributed by atoms with Crippen molar-refractivity contribution >= 4 is 11.8 Å². The van der Waals surface area contributed by atoms with Crippen LogP contribution < -0.4 is 0 Å². The topological polar surface area (TPSA) is 69.4 Å². The third-order valence-electron chi connectivity index (χ3n) is 5.24. The van der Waals surface area contributed by atoms with Gasteiger partial charge in [-0.1, -0.05) is 60.7 Å². The molecule has 0 bridgehead atoms. The van der Waals surface area contributed by atoms with Crippen LogP contribution in [0.3, 0.4) is 0 Å². The summed E-state index contributed by atoms with van der Waals surface area (Å²) in [6.07, 6.45) is -0.503. The number of hydrogen-bond acceptors (Lipinski definition) is 6. The molecule has 1 fully saturated rings. The number of β-amino-alcohol motifs (C(OH)–C–C–N with tert-alkyl or cyclic N) is 1. The van der Waals surface area contributed by atoms with Gasteiger partial charge in [0.05, 0.1) is 30.6 Å². The van der Waals surface area contributed by atoms with Crippen LogP contribution >= 0.6 is 11.8 Å². The van der Waals surface area contributed by atoms with Gasteiger partial charge in [0.15, 0.2) is 0 Å². The third kappa shape index (κ3) is 5.52. The van der Waals surface area contributed by atoms with Crippen LogP contribution in [0.2, 0.25) is 0 Å². The number of rotatable bonds is 7. The number of nitriles is 1. The molecule has 1 aliphatic rings. The Kier molecular flexibility index (Phi) is 7.34. The zero-order valence-corrected chi connectivity index (χ0v) is 18.1. The van der Waals surface area contributed by atoms with Crippen LogP contribution in [0.5, 0.6) is 0 Å². The van der Waals surface area contributed by atoms with Gasteiger partial charge in [-0.2, -0.15) is 5.26 Å². The minimum absolute atomic E-state index is 0.478. The predicted octanol–water partition coefficient (Wildman–Crippen LogP) is 4.07. The van der Waals surface area contributed by atoms with Gasteiger partial charge in [0.1, 0.15) is 11.1 Å². The molecule has 5 nitrogen and oxygen atoms in total. The Hall–Kier alpha value is -2.69. The van der Waals surface area contributed by atoms with Gasteiger partial charge in [-0.3, -0.25) is 4.90 Å². The lowest BCUT2D eigenvalue weighted by molar-refractivity contribution is 0.0188. The van der Waals surface area contributed by atoms with Crippen LogP contribution in [0.4, 0.5) is 0 Å². The molecule has 0 unspecified atom stereocenters. The monoisotopic (exact) mass is 431 g/mol. The molecule has 3 aromatic rings. The highest BCUT2D eigenvalue weighted by Gasteiger charge is 2.19. The van der Waals surface area contributed by atoms with Crippen LogP contribution in [0.15, 0.2) is 71.8 Å². The maximum Gasteiger partial charge on any atom is 0.115 e.